The summed E-state index contributed by atoms with van der Waals surface area (Å²) in [5.41, 5.74) is 2.28. The van der Waals surface area contributed by atoms with Gasteiger partial charge in [0.25, 0.3) is 0 Å². The van der Waals surface area contributed by atoms with Crippen molar-refractivity contribution in [2.24, 2.45) is 0 Å². The molecular formula is C18H24N4OS. The van der Waals surface area contributed by atoms with Crippen LogP contribution in [0.15, 0.2) is 29.4 Å². The van der Waals surface area contributed by atoms with E-state index in [1.807, 2.05) is 0 Å². The number of Topliss-reactive ketones (excluding diaryl/α,β-unsaturated/α-hetero) is 1. The molecule has 0 amide bonds. The zero-order valence-electron chi connectivity index (χ0n) is 14.1. The fraction of sp³-hybridized carbons (Fsp3) is 0.556. The van der Waals surface area contributed by atoms with E-state index >= 15 is 0 Å². The highest BCUT2D eigenvalue weighted by atomic mass is 32.2. The number of aromatic nitrogens is 4. The molecule has 2 aromatic rings. The van der Waals surface area contributed by atoms with Crippen molar-refractivity contribution in [2.75, 3.05) is 0 Å². The Labute approximate surface area is 147 Å². The third-order valence-electron chi connectivity index (χ3n) is 4.44. The summed E-state index contributed by atoms with van der Waals surface area (Å²) in [6.45, 7) is 2.20. The molecule has 3 rings (SSSR count). The second kappa shape index (κ2) is 8.42. The normalized spacial score (nSPS) is 18.5. The second-order valence-electron chi connectivity index (χ2n) is 6.32. The van der Waals surface area contributed by atoms with Crippen LogP contribution in [0.25, 0.3) is 5.69 Å². The van der Waals surface area contributed by atoms with E-state index < -0.39 is 0 Å². The van der Waals surface area contributed by atoms with Crippen LogP contribution in [0.5, 0.6) is 0 Å². The Morgan fingerprint density at radius 3 is 2.83 bits per heavy atom. The van der Waals surface area contributed by atoms with Crippen molar-refractivity contribution in [3.63, 3.8) is 0 Å². The molecule has 0 saturated heterocycles. The Hall–Kier alpha value is -1.69. The molecule has 1 saturated carbocycles. The standard InChI is InChI=1S/C18H24N4OS/c1-2-3-7-14-10-12-15(13-11-14)22-18(19-20-21-22)24-17-9-6-4-5-8-16(17)23/h10-13,17H,2-9H2,1H3. The van der Waals surface area contributed by atoms with Gasteiger partial charge in [0.1, 0.15) is 5.78 Å². The van der Waals surface area contributed by atoms with Crippen molar-refractivity contribution < 1.29 is 4.79 Å². The van der Waals surface area contributed by atoms with Crippen molar-refractivity contribution in [1.82, 2.24) is 20.2 Å². The van der Waals surface area contributed by atoms with Gasteiger partial charge in [-0.3, -0.25) is 4.79 Å². The first-order chi connectivity index (χ1) is 11.8. The summed E-state index contributed by atoms with van der Waals surface area (Å²) in [4.78, 5) is 12.2. The van der Waals surface area contributed by atoms with Gasteiger partial charge in [-0.25, -0.2) is 0 Å². The van der Waals surface area contributed by atoms with Crippen molar-refractivity contribution >= 4 is 17.5 Å². The van der Waals surface area contributed by atoms with Crippen molar-refractivity contribution in [2.45, 2.75) is 68.7 Å². The lowest BCUT2D eigenvalue weighted by Gasteiger charge is -2.12. The number of hydrogen-bond donors (Lipinski definition) is 0. The number of ketones is 1. The lowest BCUT2D eigenvalue weighted by atomic mass is 10.1. The molecule has 0 N–H and O–H groups in total. The molecule has 24 heavy (non-hydrogen) atoms. The average Bonchev–Trinajstić information content (AvgIpc) is 2.97. The number of hydrogen-bond acceptors (Lipinski definition) is 5. The molecule has 128 valence electrons. The minimum Gasteiger partial charge on any atom is -0.298 e. The van der Waals surface area contributed by atoms with Gasteiger partial charge in [0, 0.05) is 6.42 Å². The fourth-order valence-corrected chi connectivity index (χ4v) is 4.09. The Morgan fingerprint density at radius 2 is 2.04 bits per heavy atom. The Bertz CT molecular complexity index is 668. The number of unbranched alkanes of at least 4 members (excludes halogenated alkanes) is 1. The Kier molecular flexibility index (Phi) is 6.01. The van der Waals surface area contributed by atoms with E-state index in [1.165, 1.54) is 30.2 Å². The third-order valence-corrected chi connectivity index (χ3v) is 5.69. The molecule has 0 aliphatic heterocycles. The maximum Gasteiger partial charge on any atom is 0.214 e. The Morgan fingerprint density at radius 1 is 1.21 bits per heavy atom. The number of nitrogens with zero attached hydrogens (tertiary/aromatic N) is 4. The van der Waals surface area contributed by atoms with Gasteiger partial charge < -0.3 is 0 Å². The lowest BCUT2D eigenvalue weighted by molar-refractivity contribution is -0.118. The first-order valence-corrected chi connectivity index (χ1v) is 9.73. The van der Waals surface area contributed by atoms with Gasteiger partial charge in [0.05, 0.1) is 10.9 Å². The summed E-state index contributed by atoms with van der Waals surface area (Å²) in [6, 6.07) is 8.39. The van der Waals surface area contributed by atoms with Crippen LogP contribution in [-0.2, 0) is 11.2 Å². The maximum atomic E-state index is 12.2. The zero-order valence-corrected chi connectivity index (χ0v) is 15.0. The highest BCUT2D eigenvalue weighted by Gasteiger charge is 2.24. The molecule has 0 bridgehead atoms. The third kappa shape index (κ3) is 4.23. The van der Waals surface area contributed by atoms with E-state index in [2.05, 4.69) is 46.7 Å². The highest BCUT2D eigenvalue weighted by molar-refractivity contribution is 8.00. The van der Waals surface area contributed by atoms with Crippen LogP contribution in [0, 0.1) is 0 Å². The summed E-state index contributed by atoms with van der Waals surface area (Å²) < 4.78 is 1.74. The van der Waals surface area contributed by atoms with Crippen LogP contribution in [0.2, 0.25) is 0 Å². The van der Waals surface area contributed by atoms with E-state index in [4.69, 9.17) is 0 Å². The van der Waals surface area contributed by atoms with Gasteiger partial charge in [-0.05, 0) is 53.8 Å². The van der Waals surface area contributed by atoms with Gasteiger partial charge in [0.2, 0.25) is 5.16 Å². The first kappa shape index (κ1) is 17.1. The molecule has 1 aromatic carbocycles. The molecule has 1 aliphatic carbocycles. The van der Waals surface area contributed by atoms with Crippen molar-refractivity contribution in [3.8, 4) is 5.69 Å². The molecule has 1 aliphatic rings. The van der Waals surface area contributed by atoms with Crippen LogP contribution in [0.3, 0.4) is 0 Å². The van der Waals surface area contributed by atoms with Crippen LogP contribution >= 0.6 is 11.8 Å². The molecule has 0 spiro atoms. The Balaban J connectivity index is 1.73. The molecular weight excluding hydrogens is 320 g/mol. The number of rotatable bonds is 6. The second-order valence-corrected chi connectivity index (χ2v) is 7.49. The van der Waals surface area contributed by atoms with Gasteiger partial charge in [-0.1, -0.05) is 50.1 Å². The molecule has 1 fully saturated rings. The number of thioether (sulfide) groups is 1. The van der Waals surface area contributed by atoms with E-state index in [-0.39, 0.29) is 5.25 Å². The summed E-state index contributed by atoms with van der Waals surface area (Å²) >= 11 is 1.51. The summed E-state index contributed by atoms with van der Waals surface area (Å²) in [6.07, 6.45) is 8.38. The van der Waals surface area contributed by atoms with Crippen LogP contribution in [-0.4, -0.2) is 31.2 Å². The van der Waals surface area contributed by atoms with E-state index in [1.54, 1.807) is 4.68 Å². The fourth-order valence-electron chi connectivity index (χ4n) is 2.98. The topological polar surface area (TPSA) is 60.7 Å². The molecule has 0 radical (unpaired) electrons. The van der Waals surface area contributed by atoms with E-state index in [0.717, 1.165) is 37.8 Å². The summed E-state index contributed by atoms with van der Waals surface area (Å²) in [5.74, 6) is 0.335. The SMILES string of the molecule is CCCCc1ccc(-n2nnnc2SC2CCCCCC2=O)cc1. The van der Waals surface area contributed by atoms with Crippen molar-refractivity contribution in [3.05, 3.63) is 29.8 Å². The predicted molar refractivity (Wildman–Crippen MR) is 95.5 cm³/mol. The highest BCUT2D eigenvalue weighted by Crippen LogP contribution is 2.30. The minimum absolute atomic E-state index is 0.0129. The zero-order chi connectivity index (χ0) is 16.8. The lowest BCUT2D eigenvalue weighted by Crippen LogP contribution is -2.16. The molecule has 1 aromatic heterocycles. The van der Waals surface area contributed by atoms with E-state index in [9.17, 15) is 4.79 Å². The van der Waals surface area contributed by atoms with Crippen LogP contribution < -0.4 is 0 Å². The van der Waals surface area contributed by atoms with E-state index in [0.29, 0.717) is 17.4 Å². The molecule has 1 atom stereocenters. The summed E-state index contributed by atoms with van der Waals surface area (Å²) in [7, 11) is 0. The maximum absolute atomic E-state index is 12.2. The average molecular weight is 344 g/mol. The largest absolute Gasteiger partial charge is 0.298 e. The minimum atomic E-state index is -0.0129. The molecule has 1 heterocycles. The van der Waals surface area contributed by atoms with Crippen LogP contribution in [0.1, 0.15) is 57.4 Å². The quantitative estimate of drug-likeness (QED) is 0.741. The number of carbonyl (C=O) groups excluding carboxylic acids is 1. The number of carbonyl (C=O) groups is 1. The molecule has 1 unspecified atom stereocenters. The summed E-state index contributed by atoms with van der Waals surface area (Å²) in [5, 5.41) is 12.8. The van der Waals surface area contributed by atoms with Gasteiger partial charge in [-0.2, -0.15) is 4.68 Å². The van der Waals surface area contributed by atoms with Gasteiger partial charge in [-0.15, -0.1) is 5.10 Å². The number of benzene rings is 1. The monoisotopic (exact) mass is 344 g/mol. The predicted octanol–water partition coefficient (Wildman–Crippen LogP) is 4.00. The number of tetrazole rings is 1. The van der Waals surface area contributed by atoms with Gasteiger partial charge >= 0.3 is 0 Å². The van der Waals surface area contributed by atoms with Crippen molar-refractivity contribution in [1.29, 1.82) is 0 Å². The van der Waals surface area contributed by atoms with Crippen LogP contribution in [0.4, 0.5) is 0 Å². The number of aryl methyl sites for hydroxylation is 1. The van der Waals surface area contributed by atoms with Gasteiger partial charge in [0.15, 0.2) is 0 Å². The molecule has 5 nitrogen and oxygen atoms in total. The molecule has 6 heteroatoms. The first-order valence-electron chi connectivity index (χ1n) is 8.85. The smallest absolute Gasteiger partial charge is 0.214 e.